The van der Waals surface area contributed by atoms with Gasteiger partial charge in [-0.1, -0.05) is 12.1 Å². The molecule has 1 aromatic carbocycles. The second-order valence-corrected chi connectivity index (χ2v) is 8.19. The van der Waals surface area contributed by atoms with Crippen molar-refractivity contribution >= 4 is 24.2 Å². The van der Waals surface area contributed by atoms with Gasteiger partial charge in [-0.3, -0.25) is 4.79 Å². The first-order valence-electron chi connectivity index (χ1n) is 9.60. The molecule has 142 valence electrons. The summed E-state index contributed by atoms with van der Waals surface area (Å²) in [5.74, 6) is -0.0153. The fourth-order valence-electron chi connectivity index (χ4n) is 3.45. The summed E-state index contributed by atoms with van der Waals surface area (Å²) in [6.45, 7) is 12.3. The Morgan fingerprint density at radius 1 is 1.12 bits per heavy atom. The first-order chi connectivity index (χ1) is 12.2. The zero-order chi connectivity index (χ0) is 18.9. The SMILES string of the molecule is CCOC(=O)C1CCN(c2ccc(B3OC(C)(C)C(C)(C)O3)cc2)CC1. The van der Waals surface area contributed by atoms with Crippen LogP contribution in [-0.2, 0) is 18.8 Å². The molecule has 6 heteroatoms. The van der Waals surface area contributed by atoms with Crippen molar-refractivity contribution in [2.75, 3.05) is 24.6 Å². The molecule has 0 aliphatic carbocycles. The van der Waals surface area contributed by atoms with Crippen molar-refractivity contribution in [2.45, 2.75) is 58.7 Å². The summed E-state index contributed by atoms with van der Waals surface area (Å²) >= 11 is 0. The van der Waals surface area contributed by atoms with Gasteiger partial charge in [-0.05, 0) is 65.1 Å². The highest BCUT2D eigenvalue weighted by atomic mass is 16.7. The fourth-order valence-corrected chi connectivity index (χ4v) is 3.45. The predicted octanol–water partition coefficient (Wildman–Crippen LogP) is 2.77. The van der Waals surface area contributed by atoms with E-state index in [0.29, 0.717) is 6.61 Å². The summed E-state index contributed by atoms with van der Waals surface area (Å²) < 4.78 is 17.4. The summed E-state index contributed by atoms with van der Waals surface area (Å²) in [4.78, 5) is 14.2. The van der Waals surface area contributed by atoms with Crippen molar-refractivity contribution in [3.8, 4) is 0 Å². The largest absolute Gasteiger partial charge is 0.494 e. The van der Waals surface area contributed by atoms with Crippen LogP contribution in [0.25, 0.3) is 0 Å². The van der Waals surface area contributed by atoms with Crippen LogP contribution in [0.1, 0.15) is 47.5 Å². The summed E-state index contributed by atoms with van der Waals surface area (Å²) in [6, 6.07) is 8.39. The van der Waals surface area contributed by atoms with Crippen LogP contribution in [0.5, 0.6) is 0 Å². The Balaban J connectivity index is 1.60. The molecule has 0 radical (unpaired) electrons. The van der Waals surface area contributed by atoms with E-state index in [1.54, 1.807) is 0 Å². The van der Waals surface area contributed by atoms with E-state index in [0.717, 1.165) is 31.4 Å². The van der Waals surface area contributed by atoms with E-state index in [2.05, 4.69) is 56.9 Å². The highest BCUT2D eigenvalue weighted by Gasteiger charge is 2.51. The maximum atomic E-state index is 11.9. The Bertz CT molecular complexity index is 620. The number of anilines is 1. The number of ether oxygens (including phenoxy) is 1. The molecule has 0 saturated carbocycles. The molecule has 0 atom stereocenters. The van der Waals surface area contributed by atoms with Gasteiger partial charge in [0.2, 0.25) is 0 Å². The lowest BCUT2D eigenvalue weighted by Gasteiger charge is -2.32. The van der Waals surface area contributed by atoms with E-state index in [1.165, 1.54) is 5.69 Å². The number of hydrogen-bond donors (Lipinski definition) is 0. The van der Waals surface area contributed by atoms with Gasteiger partial charge in [0, 0.05) is 18.8 Å². The van der Waals surface area contributed by atoms with Crippen molar-refractivity contribution in [1.29, 1.82) is 0 Å². The minimum absolute atomic E-state index is 0.0372. The number of piperidine rings is 1. The molecule has 26 heavy (non-hydrogen) atoms. The lowest BCUT2D eigenvalue weighted by atomic mass is 9.79. The van der Waals surface area contributed by atoms with Crippen molar-refractivity contribution < 1.29 is 18.8 Å². The quantitative estimate of drug-likeness (QED) is 0.611. The number of carbonyl (C=O) groups excluding carboxylic acids is 1. The van der Waals surface area contributed by atoms with Crippen molar-refractivity contribution in [1.82, 2.24) is 0 Å². The molecule has 0 amide bonds. The molecule has 0 spiro atoms. The number of hydrogen-bond acceptors (Lipinski definition) is 5. The third-order valence-electron chi connectivity index (χ3n) is 5.90. The molecule has 3 rings (SSSR count). The van der Waals surface area contributed by atoms with E-state index < -0.39 is 0 Å². The normalized spacial score (nSPS) is 22.5. The van der Waals surface area contributed by atoms with Crippen LogP contribution in [0.15, 0.2) is 24.3 Å². The molecule has 0 aromatic heterocycles. The lowest BCUT2D eigenvalue weighted by molar-refractivity contribution is -0.148. The molecular weight excluding hydrogens is 329 g/mol. The van der Waals surface area contributed by atoms with Gasteiger partial charge < -0.3 is 18.9 Å². The summed E-state index contributed by atoms with van der Waals surface area (Å²) in [7, 11) is -0.330. The highest BCUT2D eigenvalue weighted by molar-refractivity contribution is 6.62. The summed E-state index contributed by atoms with van der Waals surface area (Å²) in [5.41, 5.74) is 1.55. The number of carbonyl (C=O) groups is 1. The zero-order valence-electron chi connectivity index (χ0n) is 16.6. The van der Waals surface area contributed by atoms with Gasteiger partial charge in [-0.2, -0.15) is 0 Å². The molecule has 2 heterocycles. The Kier molecular flexibility index (Phi) is 5.36. The van der Waals surface area contributed by atoms with Gasteiger partial charge >= 0.3 is 13.1 Å². The van der Waals surface area contributed by atoms with Gasteiger partial charge in [0.05, 0.1) is 23.7 Å². The van der Waals surface area contributed by atoms with Crippen LogP contribution in [0.3, 0.4) is 0 Å². The minimum atomic E-state index is -0.330. The van der Waals surface area contributed by atoms with E-state index in [9.17, 15) is 4.79 Å². The van der Waals surface area contributed by atoms with Gasteiger partial charge in [0.15, 0.2) is 0 Å². The molecule has 1 aromatic rings. The van der Waals surface area contributed by atoms with E-state index in [-0.39, 0.29) is 30.2 Å². The Labute approximate surface area is 157 Å². The Hall–Kier alpha value is -1.53. The van der Waals surface area contributed by atoms with Crippen LogP contribution in [0, 0.1) is 5.92 Å². The zero-order valence-corrected chi connectivity index (χ0v) is 16.6. The molecule has 2 fully saturated rings. The lowest BCUT2D eigenvalue weighted by Crippen LogP contribution is -2.41. The number of benzene rings is 1. The standard InChI is InChI=1S/C20H30BNO4/c1-6-24-18(23)15-11-13-22(14-12-15)17-9-7-16(8-10-17)21-25-19(2,3)20(4,5)26-21/h7-10,15H,6,11-14H2,1-5H3. The second kappa shape index (κ2) is 7.24. The molecule has 0 unspecified atom stereocenters. The number of esters is 1. The average molecular weight is 359 g/mol. The summed E-state index contributed by atoms with van der Waals surface area (Å²) in [5, 5.41) is 0. The van der Waals surface area contributed by atoms with Crippen LogP contribution in [-0.4, -0.2) is 44.0 Å². The topological polar surface area (TPSA) is 48.0 Å². The molecular formula is C20H30BNO4. The first kappa shape index (κ1) is 19.2. The molecule has 0 bridgehead atoms. The van der Waals surface area contributed by atoms with Crippen molar-refractivity contribution in [2.24, 2.45) is 5.92 Å². The van der Waals surface area contributed by atoms with Gasteiger partial charge in [-0.15, -0.1) is 0 Å². The monoisotopic (exact) mass is 359 g/mol. The number of rotatable bonds is 4. The molecule has 2 aliphatic rings. The maximum Gasteiger partial charge on any atom is 0.494 e. The van der Waals surface area contributed by atoms with Crippen LogP contribution >= 0.6 is 0 Å². The second-order valence-electron chi connectivity index (χ2n) is 8.19. The molecule has 2 saturated heterocycles. The molecule has 5 nitrogen and oxygen atoms in total. The van der Waals surface area contributed by atoms with Crippen LogP contribution in [0.2, 0.25) is 0 Å². The first-order valence-corrected chi connectivity index (χ1v) is 9.60. The maximum absolute atomic E-state index is 11.9. The average Bonchev–Trinajstić information content (AvgIpc) is 2.83. The molecule has 2 aliphatic heterocycles. The van der Waals surface area contributed by atoms with E-state index >= 15 is 0 Å². The third-order valence-corrected chi connectivity index (χ3v) is 5.90. The van der Waals surface area contributed by atoms with Crippen molar-refractivity contribution in [3.05, 3.63) is 24.3 Å². The Morgan fingerprint density at radius 2 is 1.65 bits per heavy atom. The minimum Gasteiger partial charge on any atom is -0.466 e. The smallest absolute Gasteiger partial charge is 0.466 e. The summed E-state index contributed by atoms with van der Waals surface area (Å²) in [6.07, 6.45) is 1.69. The van der Waals surface area contributed by atoms with E-state index in [4.69, 9.17) is 14.0 Å². The van der Waals surface area contributed by atoms with Crippen LogP contribution < -0.4 is 10.4 Å². The molecule has 0 N–H and O–H groups in total. The van der Waals surface area contributed by atoms with Gasteiger partial charge in [-0.25, -0.2) is 0 Å². The van der Waals surface area contributed by atoms with Gasteiger partial charge in [0.25, 0.3) is 0 Å². The Morgan fingerprint density at radius 3 is 2.15 bits per heavy atom. The number of nitrogens with zero attached hydrogens (tertiary/aromatic N) is 1. The van der Waals surface area contributed by atoms with Crippen LogP contribution in [0.4, 0.5) is 5.69 Å². The predicted molar refractivity (Wildman–Crippen MR) is 104 cm³/mol. The van der Waals surface area contributed by atoms with Gasteiger partial charge in [0.1, 0.15) is 0 Å². The van der Waals surface area contributed by atoms with Crippen molar-refractivity contribution in [3.63, 3.8) is 0 Å². The fraction of sp³-hybridized carbons (Fsp3) is 0.650. The third kappa shape index (κ3) is 3.76. The van der Waals surface area contributed by atoms with E-state index in [1.807, 2.05) is 6.92 Å². The highest BCUT2D eigenvalue weighted by Crippen LogP contribution is 2.36.